The van der Waals surface area contributed by atoms with Crippen molar-refractivity contribution in [2.75, 3.05) is 13.7 Å². The molecule has 1 unspecified atom stereocenters. The Morgan fingerprint density at radius 2 is 2.18 bits per heavy atom. The van der Waals surface area contributed by atoms with E-state index in [0.717, 1.165) is 12.1 Å². The van der Waals surface area contributed by atoms with Crippen LogP contribution in [0.4, 0.5) is 4.39 Å². The maximum Gasteiger partial charge on any atom is 0.339 e. The number of methoxy groups -OCH3 is 1. The molecule has 0 fully saturated rings. The second-order valence-corrected chi connectivity index (χ2v) is 3.20. The molecule has 0 aliphatic carbocycles. The Morgan fingerprint density at radius 1 is 1.53 bits per heavy atom. The van der Waals surface area contributed by atoms with Crippen molar-refractivity contribution in [3.8, 4) is 11.5 Å². The van der Waals surface area contributed by atoms with E-state index >= 15 is 0 Å². The first kappa shape index (κ1) is 13.2. The molecule has 17 heavy (non-hydrogen) atoms. The molecule has 0 aliphatic heterocycles. The van der Waals surface area contributed by atoms with Crippen molar-refractivity contribution >= 4 is 5.97 Å². The number of hydrogen-bond acceptors (Lipinski definition) is 5. The van der Waals surface area contributed by atoms with Crippen molar-refractivity contribution in [3.63, 3.8) is 0 Å². The molecule has 0 saturated carbocycles. The van der Waals surface area contributed by atoms with E-state index < -0.39 is 23.6 Å². The van der Waals surface area contributed by atoms with Gasteiger partial charge in [0.1, 0.15) is 5.75 Å². The molecule has 6 heteroatoms. The molecule has 0 aromatic heterocycles. The first-order valence-corrected chi connectivity index (χ1v) is 4.92. The van der Waals surface area contributed by atoms with Crippen molar-refractivity contribution < 1.29 is 28.9 Å². The van der Waals surface area contributed by atoms with Gasteiger partial charge in [-0.15, -0.1) is 0 Å². The van der Waals surface area contributed by atoms with Crippen molar-refractivity contribution in [2.24, 2.45) is 0 Å². The molecule has 0 saturated heterocycles. The number of carbonyl (C=O) groups excluding carboxylic acids is 1. The van der Waals surface area contributed by atoms with Crippen molar-refractivity contribution in [1.82, 2.24) is 0 Å². The normalized spacial score (nSPS) is 12.0. The number of halogens is 1. The maximum atomic E-state index is 13.3. The van der Waals surface area contributed by atoms with E-state index in [9.17, 15) is 19.4 Å². The lowest BCUT2D eigenvalue weighted by Crippen LogP contribution is -2.15. The second kappa shape index (κ2) is 5.49. The summed E-state index contributed by atoms with van der Waals surface area (Å²) in [6.45, 7) is 1.65. The maximum absolute atomic E-state index is 13.3. The number of rotatable bonds is 4. The van der Waals surface area contributed by atoms with E-state index in [0.29, 0.717) is 0 Å². The topological polar surface area (TPSA) is 76.0 Å². The highest BCUT2D eigenvalue weighted by molar-refractivity contribution is 5.77. The lowest BCUT2D eigenvalue weighted by Gasteiger charge is -2.13. The lowest BCUT2D eigenvalue weighted by atomic mass is 10.1. The molecule has 0 bridgehead atoms. The SMILES string of the molecule is CCOC(=O)C(O)c1cc(F)c(OC)cc1O. The average molecular weight is 244 g/mol. The predicted octanol–water partition coefficient (Wildman–Crippen LogP) is 1.14. The summed E-state index contributed by atoms with van der Waals surface area (Å²) in [4.78, 5) is 11.2. The third kappa shape index (κ3) is 2.85. The minimum atomic E-state index is -1.73. The van der Waals surface area contributed by atoms with E-state index in [1.165, 1.54) is 7.11 Å². The predicted molar refractivity (Wildman–Crippen MR) is 56.2 cm³/mol. The van der Waals surface area contributed by atoms with Gasteiger partial charge in [0, 0.05) is 11.6 Å². The molecule has 1 aromatic rings. The Morgan fingerprint density at radius 3 is 2.71 bits per heavy atom. The minimum Gasteiger partial charge on any atom is -0.507 e. The Bertz CT molecular complexity index is 419. The molecular formula is C11H13FO5. The molecule has 0 aliphatic rings. The summed E-state index contributed by atoms with van der Waals surface area (Å²) in [6.07, 6.45) is -1.73. The van der Waals surface area contributed by atoms with E-state index in [2.05, 4.69) is 9.47 Å². The van der Waals surface area contributed by atoms with E-state index in [4.69, 9.17) is 0 Å². The Balaban J connectivity index is 3.06. The number of carbonyl (C=O) groups is 1. The van der Waals surface area contributed by atoms with Crippen molar-refractivity contribution in [1.29, 1.82) is 0 Å². The number of aliphatic hydroxyl groups excluding tert-OH is 1. The molecule has 1 rings (SSSR count). The fourth-order valence-electron chi connectivity index (χ4n) is 1.28. The van der Waals surface area contributed by atoms with E-state index in [-0.39, 0.29) is 17.9 Å². The van der Waals surface area contributed by atoms with Crippen LogP contribution in [0.15, 0.2) is 12.1 Å². The summed E-state index contributed by atoms with van der Waals surface area (Å²) in [6, 6.07) is 1.81. The number of esters is 1. The summed E-state index contributed by atoms with van der Waals surface area (Å²) in [5, 5.41) is 19.1. The molecule has 94 valence electrons. The zero-order chi connectivity index (χ0) is 13.0. The van der Waals surface area contributed by atoms with Gasteiger partial charge in [0.05, 0.1) is 13.7 Å². The van der Waals surface area contributed by atoms with Gasteiger partial charge in [-0.2, -0.15) is 0 Å². The molecule has 0 spiro atoms. The van der Waals surface area contributed by atoms with Gasteiger partial charge >= 0.3 is 5.97 Å². The van der Waals surface area contributed by atoms with E-state index in [1.54, 1.807) is 6.92 Å². The monoisotopic (exact) mass is 244 g/mol. The van der Waals surface area contributed by atoms with Gasteiger partial charge in [0.2, 0.25) is 0 Å². The van der Waals surface area contributed by atoms with Gasteiger partial charge in [-0.05, 0) is 13.0 Å². The smallest absolute Gasteiger partial charge is 0.339 e. The van der Waals surface area contributed by atoms with Crippen LogP contribution < -0.4 is 4.74 Å². The lowest BCUT2D eigenvalue weighted by molar-refractivity contribution is -0.153. The van der Waals surface area contributed by atoms with Crippen LogP contribution in [0.25, 0.3) is 0 Å². The summed E-state index contributed by atoms with van der Waals surface area (Å²) in [5.41, 5.74) is -0.262. The molecule has 5 nitrogen and oxygen atoms in total. The van der Waals surface area contributed by atoms with Gasteiger partial charge in [-0.3, -0.25) is 0 Å². The highest BCUT2D eigenvalue weighted by Gasteiger charge is 2.23. The fourth-order valence-corrected chi connectivity index (χ4v) is 1.28. The Kier molecular flexibility index (Phi) is 4.28. The Hall–Kier alpha value is -1.82. The number of phenols is 1. The minimum absolute atomic E-state index is 0.0787. The quantitative estimate of drug-likeness (QED) is 0.777. The molecule has 2 N–H and O–H groups in total. The van der Waals surface area contributed by atoms with Gasteiger partial charge in [0.25, 0.3) is 0 Å². The third-order valence-corrected chi connectivity index (χ3v) is 2.11. The third-order valence-electron chi connectivity index (χ3n) is 2.11. The summed E-state index contributed by atoms with van der Waals surface area (Å²) < 4.78 is 22.5. The van der Waals surface area contributed by atoms with Crippen LogP contribution in [-0.2, 0) is 9.53 Å². The molecule has 0 heterocycles. The number of hydrogen-bond donors (Lipinski definition) is 2. The van der Waals surface area contributed by atoms with Crippen LogP contribution in [0.5, 0.6) is 11.5 Å². The second-order valence-electron chi connectivity index (χ2n) is 3.20. The van der Waals surface area contributed by atoms with Gasteiger partial charge < -0.3 is 19.7 Å². The average Bonchev–Trinajstić information content (AvgIpc) is 2.31. The van der Waals surface area contributed by atoms with Gasteiger partial charge in [-0.1, -0.05) is 0 Å². The zero-order valence-corrected chi connectivity index (χ0v) is 9.44. The van der Waals surface area contributed by atoms with Crippen LogP contribution >= 0.6 is 0 Å². The van der Waals surface area contributed by atoms with E-state index in [1.807, 2.05) is 0 Å². The highest BCUT2D eigenvalue weighted by atomic mass is 19.1. The van der Waals surface area contributed by atoms with Crippen LogP contribution in [0.2, 0.25) is 0 Å². The van der Waals surface area contributed by atoms with Crippen LogP contribution in [-0.4, -0.2) is 29.9 Å². The van der Waals surface area contributed by atoms with Gasteiger partial charge in [-0.25, -0.2) is 9.18 Å². The molecular weight excluding hydrogens is 231 g/mol. The summed E-state index contributed by atoms with van der Waals surface area (Å²) in [7, 11) is 1.24. The molecule has 0 radical (unpaired) electrons. The number of benzene rings is 1. The molecule has 1 aromatic carbocycles. The summed E-state index contributed by atoms with van der Waals surface area (Å²) in [5.74, 6) is -2.36. The standard InChI is InChI=1S/C11H13FO5/c1-3-17-11(15)10(14)6-4-7(12)9(16-2)5-8(6)13/h4-5,10,13-14H,3H2,1-2H3. The first-order chi connectivity index (χ1) is 8.01. The largest absolute Gasteiger partial charge is 0.507 e. The summed E-state index contributed by atoms with van der Waals surface area (Å²) >= 11 is 0. The first-order valence-electron chi connectivity index (χ1n) is 4.92. The van der Waals surface area contributed by atoms with Crippen molar-refractivity contribution in [3.05, 3.63) is 23.5 Å². The van der Waals surface area contributed by atoms with Gasteiger partial charge in [0.15, 0.2) is 17.7 Å². The van der Waals surface area contributed by atoms with Crippen LogP contribution in [0, 0.1) is 5.82 Å². The van der Waals surface area contributed by atoms with Crippen LogP contribution in [0.3, 0.4) is 0 Å². The van der Waals surface area contributed by atoms with Crippen molar-refractivity contribution in [2.45, 2.75) is 13.0 Å². The Labute approximate surface area is 97.4 Å². The highest BCUT2D eigenvalue weighted by Crippen LogP contribution is 2.31. The number of aliphatic hydroxyl groups is 1. The van der Waals surface area contributed by atoms with Crippen LogP contribution in [0.1, 0.15) is 18.6 Å². The molecule has 0 amide bonds. The fraction of sp³-hybridized carbons (Fsp3) is 0.364. The number of aromatic hydroxyl groups is 1. The molecule has 1 atom stereocenters. The zero-order valence-electron chi connectivity index (χ0n) is 9.44. The number of ether oxygens (including phenoxy) is 2. The number of phenolic OH excluding ortho intramolecular Hbond substituents is 1.